The Labute approximate surface area is 241 Å². The number of fused-ring (bicyclic) bond motifs is 5. The lowest BCUT2D eigenvalue weighted by Gasteiger charge is -2.63. The molecule has 0 aromatic heterocycles. The molecule has 0 amide bonds. The molecule has 4 saturated carbocycles. The van der Waals surface area contributed by atoms with Crippen molar-refractivity contribution < 1.29 is 9.53 Å². The Morgan fingerprint density at radius 1 is 0.897 bits per heavy atom. The summed E-state index contributed by atoms with van der Waals surface area (Å²) < 4.78 is 5.80. The summed E-state index contributed by atoms with van der Waals surface area (Å²) in [5, 5.41) is 4.19. The monoisotopic (exact) mass is 544 g/mol. The summed E-state index contributed by atoms with van der Waals surface area (Å²) >= 11 is 0. The number of nitrogens with one attached hydrogen (secondary N) is 1. The first-order valence-electron chi connectivity index (χ1n) is 17.2. The van der Waals surface area contributed by atoms with Gasteiger partial charge in [-0.25, -0.2) is 0 Å². The molecular formula is C35H64N2O2. The van der Waals surface area contributed by atoms with Crippen molar-refractivity contribution in [2.75, 3.05) is 13.1 Å². The average molecular weight is 545 g/mol. The molecule has 4 aliphatic rings. The van der Waals surface area contributed by atoms with Crippen LogP contribution in [0.3, 0.4) is 0 Å². The van der Waals surface area contributed by atoms with E-state index in [0.717, 1.165) is 67.9 Å². The molecule has 0 radical (unpaired) electrons. The van der Waals surface area contributed by atoms with E-state index < -0.39 is 0 Å². The quantitative estimate of drug-likeness (QED) is 0.181. The highest BCUT2D eigenvalue weighted by molar-refractivity contribution is 5.66. The van der Waals surface area contributed by atoms with Crippen LogP contribution in [0.15, 0.2) is 0 Å². The van der Waals surface area contributed by atoms with Crippen LogP contribution in [0.25, 0.3) is 0 Å². The van der Waals surface area contributed by atoms with Gasteiger partial charge in [-0.3, -0.25) is 4.79 Å². The van der Waals surface area contributed by atoms with Gasteiger partial charge in [-0.1, -0.05) is 66.7 Å². The van der Waals surface area contributed by atoms with Gasteiger partial charge in [-0.05, 0) is 130 Å². The molecule has 226 valence electrons. The Kier molecular flexibility index (Phi) is 10.9. The van der Waals surface area contributed by atoms with Gasteiger partial charge in [0.25, 0.3) is 0 Å². The second kappa shape index (κ2) is 13.6. The molecule has 0 bridgehead atoms. The first-order chi connectivity index (χ1) is 18.6. The van der Waals surface area contributed by atoms with Crippen LogP contribution in [0.2, 0.25) is 0 Å². The molecule has 4 heteroatoms. The van der Waals surface area contributed by atoms with E-state index in [0.29, 0.717) is 22.8 Å². The first kappa shape index (κ1) is 31.3. The maximum absolute atomic E-state index is 11.8. The van der Waals surface area contributed by atoms with Crippen LogP contribution < -0.4 is 11.1 Å². The Bertz CT molecular complexity index is 785. The van der Waals surface area contributed by atoms with Crippen LogP contribution in [-0.2, 0) is 9.53 Å². The summed E-state index contributed by atoms with van der Waals surface area (Å²) in [6.45, 7) is 16.3. The third kappa shape index (κ3) is 6.90. The number of unbranched alkanes of at least 4 members (excludes halogenated alkanes) is 3. The number of carbonyl (C=O) groups is 1. The van der Waals surface area contributed by atoms with Crippen LogP contribution in [0, 0.1) is 52.3 Å². The van der Waals surface area contributed by atoms with Crippen LogP contribution in [0.1, 0.15) is 138 Å². The first-order valence-corrected chi connectivity index (χ1v) is 17.2. The fourth-order valence-electron chi connectivity index (χ4n) is 10.7. The van der Waals surface area contributed by atoms with E-state index in [1.54, 1.807) is 6.92 Å². The summed E-state index contributed by atoms with van der Waals surface area (Å²) in [4.78, 5) is 11.8. The Morgan fingerprint density at radius 2 is 1.62 bits per heavy atom. The Balaban J connectivity index is 1.51. The summed E-state index contributed by atoms with van der Waals surface area (Å²) in [5.74, 6) is 5.65. The minimum Gasteiger partial charge on any atom is -0.463 e. The molecule has 0 aromatic carbocycles. The zero-order valence-electron chi connectivity index (χ0n) is 26.6. The zero-order valence-corrected chi connectivity index (χ0v) is 26.6. The highest BCUT2D eigenvalue weighted by atomic mass is 16.5. The van der Waals surface area contributed by atoms with Crippen LogP contribution in [-0.4, -0.2) is 31.2 Å². The van der Waals surface area contributed by atoms with Gasteiger partial charge in [0.2, 0.25) is 0 Å². The predicted molar refractivity (Wildman–Crippen MR) is 163 cm³/mol. The maximum atomic E-state index is 11.8. The van der Waals surface area contributed by atoms with Gasteiger partial charge in [-0.2, -0.15) is 0 Å². The largest absolute Gasteiger partial charge is 0.463 e. The van der Waals surface area contributed by atoms with Gasteiger partial charge in [0, 0.05) is 13.0 Å². The molecule has 4 unspecified atom stereocenters. The molecule has 0 spiro atoms. The van der Waals surface area contributed by atoms with Gasteiger partial charge >= 0.3 is 5.97 Å². The van der Waals surface area contributed by atoms with Crippen LogP contribution in [0.4, 0.5) is 0 Å². The van der Waals surface area contributed by atoms with E-state index in [1.807, 2.05) is 0 Å². The van der Waals surface area contributed by atoms with Crippen molar-refractivity contribution in [1.82, 2.24) is 5.32 Å². The molecule has 3 N–H and O–H groups in total. The lowest BCUT2D eigenvalue weighted by atomic mass is 9.43. The van der Waals surface area contributed by atoms with Gasteiger partial charge in [-0.15, -0.1) is 0 Å². The van der Waals surface area contributed by atoms with Crippen molar-refractivity contribution >= 4 is 5.97 Å². The Morgan fingerprint density at radius 3 is 2.33 bits per heavy atom. The summed E-state index contributed by atoms with van der Waals surface area (Å²) in [7, 11) is 0. The van der Waals surface area contributed by atoms with Crippen molar-refractivity contribution in [3.8, 4) is 0 Å². The SMILES string of the molecule is CC(=O)O[C@H]1CC[C@]2(C)C3CC[C@@]4(C)C(CC[C@@H]4[C@H](C)CCCC(C)C)C3C(NCCCCCCN)C[C@H]2C1. The normalized spacial score (nSPS) is 40.6. The van der Waals surface area contributed by atoms with Gasteiger partial charge in [0.1, 0.15) is 6.10 Å². The summed E-state index contributed by atoms with van der Waals surface area (Å²) in [6.07, 6.45) is 19.7. The highest BCUT2D eigenvalue weighted by Crippen LogP contribution is 2.68. The Hall–Kier alpha value is -0.610. The van der Waals surface area contributed by atoms with Crippen molar-refractivity contribution in [3.05, 3.63) is 0 Å². The molecule has 0 aliphatic heterocycles. The van der Waals surface area contributed by atoms with E-state index in [4.69, 9.17) is 10.5 Å². The van der Waals surface area contributed by atoms with Crippen LogP contribution >= 0.6 is 0 Å². The molecule has 0 aromatic rings. The lowest BCUT2D eigenvalue weighted by Crippen LogP contribution is -2.61. The van der Waals surface area contributed by atoms with Crippen molar-refractivity contribution in [1.29, 1.82) is 0 Å². The third-order valence-electron chi connectivity index (χ3n) is 12.7. The standard InChI is InChI=1S/C35H64N2O2/c1-24(2)12-11-13-25(3)29-14-15-30-33-31(17-19-35(29,30)6)34(5)18-16-28(39-26(4)38)22-27(34)23-32(33)37-21-10-8-7-9-20-36/h24-25,27-33,37H,7-23,36H2,1-6H3/t25-,27-,28+,29-,30?,31?,32?,33?,34+,35-/m1/s1. The minimum absolute atomic E-state index is 0.0996. The average Bonchev–Trinajstić information content (AvgIpc) is 3.23. The highest BCUT2D eigenvalue weighted by Gasteiger charge is 2.63. The number of rotatable bonds is 13. The van der Waals surface area contributed by atoms with Crippen LogP contribution in [0.5, 0.6) is 0 Å². The lowest BCUT2D eigenvalue weighted by molar-refractivity contribution is -0.164. The molecule has 4 nitrogen and oxygen atoms in total. The molecule has 4 aliphatic carbocycles. The fourth-order valence-corrected chi connectivity index (χ4v) is 10.7. The van der Waals surface area contributed by atoms with E-state index in [2.05, 4.69) is 39.9 Å². The maximum Gasteiger partial charge on any atom is 0.302 e. The number of nitrogens with two attached hydrogens (primary N) is 1. The van der Waals surface area contributed by atoms with Crippen molar-refractivity contribution in [2.24, 2.45) is 58.0 Å². The number of ether oxygens (including phenoxy) is 1. The van der Waals surface area contributed by atoms with Gasteiger partial charge < -0.3 is 15.8 Å². The van der Waals surface area contributed by atoms with Crippen molar-refractivity contribution in [3.63, 3.8) is 0 Å². The molecule has 4 fully saturated rings. The van der Waals surface area contributed by atoms with E-state index in [9.17, 15) is 4.79 Å². The number of hydrogen-bond acceptors (Lipinski definition) is 4. The number of hydrogen-bond donors (Lipinski definition) is 2. The molecule has 0 saturated heterocycles. The van der Waals surface area contributed by atoms with E-state index in [-0.39, 0.29) is 12.1 Å². The topological polar surface area (TPSA) is 64.3 Å². The smallest absolute Gasteiger partial charge is 0.302 e. The third-order valence-corrected chi connectivity index (χ3v) is 12.7. The fraction of sp³-hybridized carbons (Fsp3) is 0.971. The number of esters is 1. The number of carbonyl (C=O) groups excluding carboxylic acids is 1. The second-order valence-electron chi connectivity index (χ2n) is 15.5. The predicted octanol–water partition coefficient (Wildman–Crippen LogP) is 8.13. The van der Waals surface area contributed by atoms with Gasteiger partial charge in [0.05, 0.1) is 0 Å². The molecule has 4 rings (SSSR count). The molecule has 0 heterocycles. The summed E-state index contributed by atoms with van der Waals surface area (Å²) in [5.41, 5.74) is 6.65. The van der Waals surface area contributed by atoms with Gasteiger partial charge in [0.15, 0.2) is 0 Å². The molecule has 10 atom stereocenters. The van der Waals surface area contributed by atoms with E-state index >= 15 is 0 Å². The van der Waals surface area contributed by atoms with Crippen molar-refractivity contribution in [2.45, 2.75) is 150 Å². The molecule has 39 heavy (non-hydrogen) atoms. The zero-order chi connectivity index (χ0) is 28.2. The molecular weight excluding hydrogens is 480 g/mol. The second-order valence-corrected chi connectivity index (χ2v) is 15.5. The van der Waals surface area contributed by atoms with E-state index in [1.165, 1.54) is 77.0 Å². The summed E-state index contributed by atoms with van der Waals surface area (Å²) in [6, 6.07) is 0.623. The minimum atomic E-state index is -0.0996.